The lowest BCUT2D eigenvalue weighted by atomic mass is 10.2. The number of benzene rings is 1. The van der Waals surface area contributed by atoms with Gasteiger partial charge in [-0.15, -0.1) is 0 Å². The normalized spacial score (nSPS) is 10.5. The van der Waals surface area contributed by atoms with E-state index in [0.717, 1.165) is 11.3 Å². The smallest absolute Gasteiger partial charge is 0.155 e. The number of fused-ring (bicyclic) bond motifs is 1. The SMILES string of the molecule is N#Cc1c(F)cccc1NCc1cnc2cnc(Br)cn12. The van der Waals surface area contributed by atoms with Crippen LogP contribution in [0.2, 0.25) is 0 Å². The van der Waals surface area contributed by atoms with Crippen molar-refractivity contribution < 1.29 is 4.39 Å². The third-order valence-electron chi connectivity index (χ3n) is 3.03. The molecule has 0 aliphatic heterocycles. The largest absolute Gasteiger partial charge is 0.378 e. The van der Waals surface area contributed by atoms with Gasteiger partial charge in [0.25, 0.3) is 0 Å². The number of hydrogen-bond donors (Lipinski definition) is 1. The van der Waals surface area contributed by atoms with Gasteiger partial charge in [-0.1, -0.05) is 6.07 Å². The van der Waals surface area contributed by atoms with Gasteiger partial charge in [0, 0.05) is 6.20 Å². The summed E-state index contributed by atoms with van der Waals surface area (Å²) in [4.78, 5) is 8.33. The van der Waals surface area contributed by atoms with Gasteiger partial charge < -0.3 is 5.32 Å². The third-order valence-corrected chi connectivity index (χ3v) is 3.44. The van der Waals surface area contributed by atoms with Gasteiger partial charge in [-0.2, -0.15) is 5.26 Å². The lowest BCUT2D eigenvalue weighted by molar-refractivity contribution is 0.624. The fraction of sp³-hybridized carbons (Fsp3) is 0.0714. The van der Waals surface area contributed by atoms with Gasteiger partial charge in [-0.05, 0) is 28.1 Å². The van der Waals surface area contributed by atoms with Gasteiger partial charge in [-0.3, -0.25) is 4.40 Å². The Bertz CT molecular complexity index is 852. The van der Waals surface area contributed by atoms with Crippen LogP contribution >= 0.6 is 15.9 Å². The van der Waals surface area contributed by atoms with E-state index in [4.69, 9.17) is 5.26 Å². The van der Waals surface area contributed by atoms with Crippen LogP contribution in [0.15, 0.2) is 41.4 Å². The predicted molar refractivity (Wildman–Crippen MR) is 79.1 cm³/mol. The molecule has 0 spiro atoms. The fourth-order valence-corrected chi connectivity index (χ4v) is 2.32. The Morgan fingerprint density at radius 3 is 3.00 bits per heavy atom. The summed E-state index contributed by atoms with van der Waals surface area (Å²) in [6.07, 6.45) is 5.16. The Morgan fingerprint density at radius 2 is 2.19 bits per heavy atom. The summed E-state index contributed by atoms with van der Waals surface area (Å²) >= 11 is 3.31. The van der Waals surface area contributed by atoms with E-state index in [1.165, 1.54) is 6.07 Å². The molecule has 0 aliphatic carbocycles. The number of nitrogens with zero attached hydrogens (tertiary/aromatic N) is 4. The van der Waals surface area contributed by atoms with Crippen LogP contribution in [0.3, 0.4) is 0 Å². The van der Waals surface area contributed by atoms with E-state index in [2.05, 4.69) is 31.2 Å². The molecule has 104 valence electrons. The van der Waals surface area contributed by atoms with Crippen molar-refractivity contribution >= 4 is 27.3 Å². The summed E-state index contributed by atoms with van der Waals surface area (Å²) < 4.78 is 16.1. The number of halogens is 2. The monoisotopic (exact) mass is 345 g/mol. The predicted octanol–water partition coefficient (Wildman–Crippen LogP) is 3.11. The van der Waals surface area contributed by atoms with Gasteiger partial charge in [0.2, 0.25) is 0 Å². The van der Waals surface area contributed by atoms with Gasteiger partial charge in [0.1, 0.15) is 22.1 Å². The van der Waals surface area contributed by atoms with Crippen LogP contribution in [0.4, 0.5) is 10.1 Å². The summed E-state index contributed by atoms with van der Waals surface area (Å²) in [7, 11) is 0. The molecule has 5 nitrogen and oxygen atoms in total. The second-order valence-electron chi connectivity index (χ2n) is 4.32. The second-order valence-corrected chi connectivity index (χ2v) is 5.13. The van der Waals surface area contributed by atoms with Gasteiger partial charge >= 0.3 is 0 Å². The number of rotatable bonds is 3. The molecule has 0 aliphatic rings. The first-order valence-electron chi connectivity index (χ1n) is 6.09. The molecule has 3 rings (SSSR count). The Hall–Kier alpha value is -2.46. The quantitative estimate of drug-likeness (QED) is 0.791. The Balaban J connectivity index is 1.89. The molecular weight excluding hydrogens is 337 g/mol. The molecule has 21 heavy (non-hydrogen) atoms. The van der Waals surface area contributed by atoms with Crippen molar-refractivity contribution in [1.29, 1.82) is 5.26 Å². The standard InChI is InChI=1S/C14H9BrFN5/c15-13-8-21-9(6-20-14(21)7-19-13)5-18-12-3-1-2-11(16)10(12)4-17/h1-3,6-8,18H,5H2. The number of anilines is 1. The summed E-state index contributed by atoms with van der Waals surface area (Å²) in [6.45, 7) is 0.412. The van der Waals surface area contributed by atoms with Crippen LogP contribution in [0, 0.1) is 17.1 Å². The fourth-order valence-electron chi connectivity index (χ4n) is 2.02. The van der Waals surface area contributed by atoms with Crippen molar-refractivity contribution in [2.24, 2.45) is 0 Å². The topological polar surface area (TPSA) is 66.0 Å². The van der Waals surface area contributed by atoms with E-state index >= 15 is 0 Å². The highest BCUT2D eigenvalue weighted by atomic mass is 79.9. The van der Waals surface area contributed by atoms with E-state index < -0.39 is 5.82 Å². The number of hydrogen-bond acceptors (Lipinski definition) is 4. The summed E-state index contributed by atoms with van der Waals surface area (Å²) in [6, 6.07) is 6.36. The molecule has 0 saturated heterocycles. The zero-order valence-electron chi connectivity index (χ0n) is 10.7. The van der Waals surface area contributed by atoms with E-state index in [9.17, 15) is 4.39 Å². The highest BCUT2D eigenvalue weighted by molar-refractivity contribution is 9.10. The molecule has 0 amide bonds. The molecule has 1 N–H and O–H groups in total. The van der Waals surface area contributed by atoms with Crippen LogP contribution in [0.1, 0.15) is 11.3 Å². The highest BCUT2D eigenvalue weighted by Gasteiger charge is 2.09. The number of imidazole rings is 1. The molecule has 0 radical (unpaired) electrons. The van der Waals surface area contributed by atoms with E-state index in [1.54, 1.807) is 30.7 Å². The van der Waals surface area contributed by atoms with Crippen LogP contribution < -0.4 is 5.32 Å². The second kappa shape index (κ2) is 5.50. The first-order valence-corrected chi connectivity index (χ1v) is 6.88. The van der Waals surface area contributed by atoms with Crippen molar-refractivity contribution in [2.45, 2.75) is 6.54 Å². The maximum Gasteiger partial charge on any atom is 0.155 e. The average molecular weight is 346 g/mol. The first kappa shape index (κ1) is 13.5. The molecule has 2 aromatic heterocycles. The van der Waals surface area contributed by atoms with Crippen LogP contribution in [0.25, 0.3) is 5.65 Å². The zero-order chi connectivity index (χ0) is 14.8. The van der Waals surface area contributed by atoms with Gasteiger partial charge in [0.05, 0.1) is 30.3 Å². The van der Waals surface area contributed by atoms with Crippen LogP contribution in [0.5, 0.6) is 0 Å². The molecular formula is C14H9BrFN5. The minimum atomic E-state index is -0.535. The zero-order valence-corrected chi connectivity index (χ0v) is 12.3. The number of aromatic nitrogens is 3. The van der Waals surface area contributed by atoms with Crippen LogP contribution in [-0.2, 0) is 6.54 Å². The molecule has 2 heterocycles. The molecule has 1 aromatic carbocycles. The van der Waals surface area contributed by atoms with Crippen molar-refractivity contribution in [3.8, 4) is 6.07 Å². The Labute approximate surface area is 128 Å². The minimum absolute atomic E-state index is 0.00849. The van der Waals surface area contributed by atoms with Gasteiger partial charge in [0.15, 0.2) is 5.65 Å². The van der Waals surface area contributed by atoms with Crippen molar-refractivity contribution in [1.82, 2.24) is 14.4 Å². The van der Waals surface area contributed by atoms with E-state index in [0.29, 0.717) is 16.8 Å². The molecule has 0 unspecified atom stereocenters. The molecule has 0 atom stereocenters. The third kappa shape index (κ3) is 2.58. The van der Waals surface area contributed by atoms with Crippen molar-refractivity contribution in [3.63, 3.8) is 0 Å². The van der Waals surface area contributed by atoms with E-state index in [-0.39, 0.29) is 5.56 Å². The Kier molecular flexibility index (Phi) is 3.54. The molecule has 0 bridgehead atoms. The molecule has 3 aromatic rings. The van der Waals surface area contributed by atoms with Crippen LogP contribution in [-0.4, -0.2) is 14.4 Å². The minimum Gasteiger partial charge on any atom is -0.378 e. The first-order chi connectivity index (χ1) is 10.2. The molecule has 0 saturated carbocycles. The van der Waals surface area contributed by atoms with E-state index in [1.807, 2.05) is 10.5 Å². The lowest BCUT2D eigenvalue weighted by Crippen LogP contribution is -2.05. The van der Waals surface area contributed by atoms with Gasteiger partial charge in [-0.25, -0.2) is 14.4 Å². The Morgan fingerprint density at radius 1 is 1.33 bits per heavy atom. The molecule has 0 fully saturated rings. The average Bonchev–Trinajstić information content (AvgIpc) is 2.87. The van der Waals surface area contributed by atoms with Crippen molar-refractivity contribution in [2.75, 3.05) is 5.32 Å². The summed E-state index contributed by atoms with van der Waals surface area (Å²) in [5, 5.41) is 12.1. The maximum atomic E-state index is 13.5. The van der Waals surface area contributed by atoms with Crippen molar-refractivity contribution in [3.05, 3.63) is 58.5 Å². The summed E-state index contributed by atoms with van der Waals surface area (Å²) in [5.74, 6) is -0.535. The maximum absolute atomic E-state index is 13.5. The summed E-state index contributed by atoms with van der Waals surface area (Å²) in [5.41, 5.74) is 2.06. The number of nitriles is 1. The molecule has 7 heteroatoms. The lowest BCUT2D eigenvalue weighted by Gasteiger charge is -2.08. The number of nitrogens with one attached hydrogen (secondary N) is 1. The highest BCUT2D eigenvalue weighted by Crippen LogP contribution is 2.19.